The van der Waals surface area contributed by atoms with Gasteiger partial charge in [0.15, 0.2) is 0 Å². The highest BCUT2D eigenvalue weighted by molar-refractivity contribution is 7.82. The van der Waals surface area contributed by atoms with E-state index in [9.17, 15) is 13.5 Å². The van der Waals surface area contributed by atoms with E-state index in [0.717, 1.165) is 19.3 Å². The second-order valence-electron chi connectivity index (χ2n) is 5.83. The maximum atomic E-state index is 10.7. The Bertz CT molecular complexity index is 356. The molecular weight excluding hydrogens is 280 g/mol. The molecule has 1 N–H and O–H groups in total. The zero-order valence-electron chi connectivity index (χ0n) is 12.7. The highest BCUT2D eigenvalue weighted by atomic mass is 32.3. The lowest BCUT2D eigenvalue weighted by atomic mass is 9.91. The van der Waals surface area contributed by atoms with Gasteiger partial charge < -0.3 is 5.11 Å². The van der Waals surface area contributed by atoms with Crippen LogP contribution in [0.25, 0.3) is 0 Å². The first-order valence-corrected chi connectivity index (χ1v) is 9.00. The fraction of sp³-hybridized carbons (Fsp3) is 1.00. The second kappa shape index (κ2) is 8.32. The van der Waals surface area contributed by atoms with Crippen molar-refractivity contribution in [1.82, 2.24) is 0 Å². The smallest absolute Gasteiger partial charge is 0.393 e. The van der Waals surface area contributed by atoms with Gasteiger partial charge in [0.25, 0.3) is 0 Å². The second-order valence-corrected chi connectivity index (χ2v) is 7.03. The summed E-state index contributed by atoms with van der Waals surface area (Å²) in [5, 5.41) is 10.0. The zero-order valence-corrected chi connectivity index (χ0v) is 13.6. The van der Waals surface area contributed by atoms with Crippen molar-refractivity contribution >= 4 is 10.4 Å². The van der Waals surface area contributed by atoms with Crippen molar-refractivity contribution < 1.29 is 21.9 Å². The summed E-state index contributed by atoms with van der Waals surface area (Å²) in [4.78, 5) is 0. The summed E-state index contributed by atoms with van der Waals surface area (Å²) in [6.45, 7) is 6.21. The molecule has 1 fully saturated rings. The molecule has 6 heteroatoms. The molecule has 120 valence electrons. The Hall–Kier alpha value is -0.170. The summed E-state index contributed by atoms with van der Waals surface area (Å²) in [7, 11) is -3.73. The molecular formula is C14H28O5S. The molecule has 1 heterocycles. The molecule has 0 saturated carbocycles. The van der Waals surface area contributed by atoms with Gasteiger partial charge in [-0.2, -0.15) is 8.42 Å². The lowest BCUT2D eigenvalue weighted by Crippen LogP contribution is -2.41. The lowest BCUT2D eigenvalue weighted by molar-refractivity contribution is -0.120. The van der Waals surface area contributed by atoms with Gasteiger partial charge in [0.1, 0.15) is 0 Å². The van der Waals surface area contributed by atoms with E-state index < -0.39 is 22.8 Å². The largest absolute Gasteiger partial charge is 0.405 e. The summed E-state index contributed by atoms with van der Waals surface area (Å²) in [6.07, 6.45) is 5.96. The van der Waals surface area contributed by atoms with Gasteiger partial charge in [-0.25, -0.2) is 8.37 Å². The summed E-state index contributed by atoms with van der Waals surface area (Å²) in [6, 6.07) is 0. The number of aliphatic hydroxyl groups is 1. The van der Waals surface area contributed by atoms with Crippen LogP contribution >= 0.6 is 0 Å². The minimum atomic E-state index is -3.73. The fourth-order valence-corrected chi connectivity index (χ4v) is 3.42. The van der Waals surface area contributed by atoms with Gasteiger partial charge in [0.2, 0.25) is 6.29 Å². The Morgan fingerprint density at radius 3 is 2.30 bits per heavy atom. The van der Waals surface area contributed by atoms with E-state index in [1.54, 1.807) is 0 Å². The predicted octanol–water partition coefficient (Wildman–Crippen LogP) is 2.99. The van der Waals surface area contributed by atoms with Gasteiger partial charge in [-0.15, -0.1) is 0 Å². The molecule has 0 amide bonds. The van der Waals surface area contributed by atoms with Crippen molar-refractivity contribution in [1.29, 1.82) is 0 Å². The highest BCUT2D eigenvalue weighted by Gasteiger charge is 2.40. The summed E-state index contributed by atoms with van der Waals surface area (Å²) in [5.74, 6) is 0.556. The van der Waals surface area contributed by atoms with Gasteiger partial charge in [-0.05, 0) is 25.2 Å². The van der Waals surface area contributed by atoms with Crippen molar-refractivity contribution in [2.45, 2.75) is 78.1 Å². The molecule has 1 aliphatic rings. The van der Waals surface area contributed by atoms with Gasteiger partial charge in [-0.1, -0.05) is 46.5 Å². The van der Waals surface area contributed by atoms with Gasteiger partial charge >= 0.3 is 10.4 Å². The Kier molecular flexibility index (Phi) is 7.43. The molecule has 0 bridgehead atoms. The Labute approximate surface area is 123 Å². The molecule has 0 aromatic heterocycles. The molecule has 20 heavy (non-hydrogen) atoms. The number of aliphatic hydroxyl groups excluding tert-OH is 1. The maximum Gasteiger partial charge on any atom is 0.405 e. The molecule has 1 saturated heterocycles. The first-order valence-electron chi connectivity index (χ1n) is 7.67. The molecule has 1 aliphatic heterocycles. The highest BCUT2D eigenvalue weighted by Crippen LogP contribution is 2.29. The van der Waals surface area contributed by atoms with E-state index in [0.29, 0.717) is 12.3 Å². The van der Waals surface area contributed by atoms with E-state index >= 15 is 0 Å². The molecule has 3 unspecified atom stereocenters. The maximum absolute atomic E-state index is 10.7. The molecule has 3 atom stereocenters. The van der Waals surface area contributed by atoms with E-state index in [2.05, 4.69) is 22.2 Å². The average Bonchev–Trinajstić information content (AvgIpc) is 2.36. The van der Waals surface area contributed by atoms with Crippen LogP contribution in [0.5, 0.6) is 0 Å². The van der Waals surface area contributed by atoms with Crippen LogP contribution in [0.2, 0.25) is 0 Å². The number of unbranched alkanes of at least 4 members (excludes halogenated alkanes) is 1. The summed E-state index contributed by atoms with van der Waals surface area (Å²) >= 11 is 0. The number of rotatable bonds is 10. The summed E-state index contributed by atoms with van der Waals surface area (Å²) < 4.78 is 30.7. The van der Waals surface area contributed by atoms with E-state index in [1.807, 2.05) is 6.92 Å². The Morgan fingerprint density at radius 1 is 1.15 bits per heavy atom. The third-order valence-corrected chi connectivity index (χ3v) is 4.84. The summed E-state index contributed by atoms with van der Waals surface area (Å²) in [5.41, 5.74) is 0. The first-order chi connectivity index (χ1) is 9.38. The number of hydrogen-bond donors (Lipinski definition) is 1. The quantitative estimate of drug-likeness (QED) is 0.671. The minimum Gasteiger partial charge on any atom is -0.393 e. The topological polar surface area (TPSA) is 72.8 Å². The predicted molar refractivity (Wildman–Crippen MR) is 77.2 cm³/mol. The van der Waals surface area contributed by atoms with Crippen LogP contribution in [-0.2, 0) is 18.8 Å². The standard InChI is InChI=1S/C14H28O5S/c1-4-6-7-12(5-2)8-9-13(15)10-11(3)14-18-20(16,17)19-14/h11-15H,4-10H2,1-3H3. The van der Waals surface area contributed by atoms with Gasteiger partial charge in [0, 0.05) is 5.92 Å². The average molecular weight is 308 g/mol. The molecule has 0 aromatic carbocycles. The molecule has 0 spiro atoms. The fourth-order valence-electron chi connectivity index (χ4n) is 2.56. The third-order valence-electron chi connectivity index (χ3n) is 3.99. The van der Waals surface area contributed by atoms with Crippen LogP contribution < -0.4 is 0 Å². The van der Waals surface area contributed by atoms with Crippen LogP contribution in [0.15, 0.2) is 0 Å². The van der Waals surface area contributed by atoms with Crippen molar-refractivity contribution in [3.8, 4) is 0 Å². The molecule has 1 rings (SSSR count). The lowest BCUT2D eigenvalue weighted by Gasteiger charge is -2.31. The van der Waals surface area contributed by atoms with E-state index in [-0.39, 0.29) is 5.92 Å². The van der Waals surface area contributed by atoms with Gasteiger partial charge in [0.05, 0.1) is 6.10 Å². The molecule has 0 aliphatic carbocycles. The van der Waals surface area contributed by atoms with Crippen molar-refractivity contribution in [2.24, 2.45) is 11.8 Å². The zero-order chi connectivity index (χ0) is 15.2. The monoisotopic (exact) mass is 308 g/mol. The van der Waals surface area contributed by atoms with Crippen LogP contribution in [0.4, 0.5) is 0 Å². The SMILES string of the molecule is CCCCC(CC)CCC(O)CC(C)C1OS(=O)(=O)O1. The van der Waals surface area contributed by atoms with Crippen LogP contribution in [0.3, 0.4) is 0 Å². The van der Waals surface area contributed by atoms with Crippen molar-refractivity contribution in [2.75, 3.05) is 0 Å². The van der Waals surface area contributed by atoms with E-state index in [4.69, 9.17) is 0 Å². The minimum absolute atomic E-state index is 0.121. The Morgan fingerprint density at radius 2 is 1.80 bits per heavy atom. The van der Waals surface area contributed by atoms with Crippen LogP contribution in [0.1, 0.15) is 65.7 Å². The van der Waals surface area contributed by atoms with Crippen LogP contribution in [0, 0.1) is 11.8 Å². The third kappa shape index (κ3) is 6.08. The number of hydrogen-bond acceptors (Lipinski definition) is 5. The van der Waals surface area contributed by atoms with E-state index in [1.165, 1.54) is 19.3 Å². The Balaban J connectivity index is 2.20. The normalized spacial score (nSPS) is 23.0. The van der Waals surface area contributed by atoms with Gasteiger partial charge in [-0.3, -0.25) is 0 Å². The van der Waals surface area contributed by atoms with Crippen molar-refractivity contribution in [3.63, 3.8) is 0 Å². The van der Waals surface area contributed by atoms with Crippen LogP contribution in [-0.4, -0.2) is 25.9 Å². The van der Waals surface area contributed by atoms with Crippen molar-refractivity contribution in [3.05, 3.63) is 0 Å². The molecule has 5 nitrogen and oxygen atoms in total. The first kappa shape index (κ1) is 17.9. The molecule has 0 aromatic rings. The molecule has 0 radical (unpaired) electrons.